The summed E-state index contributed by atoms with van der Waals surface area (Å²) in [5, 5.41) is 18.5. The summed E-state index contributed by atoms with van der Waals surface area (Å²) >= 11 is 0.963. The molecule has 2 aliphatic heterocycles. The topological polar surface area (TPSA) is 240 Å². The van der Waals surface area contributed by atoms with Crippen molar-refractivity contribution in [2.45, 2.75) is 54.6 Å². The summed E-state index contributed by atoms with van der Waals surface area (Å²) in [7, 11) is -3.16. The zero-order chi connectivity index (χ0) is 36.1. The van der Waals surface area contributed by atoms with Crippen molar-refractivity contribution in [3.8, 4) is 0 Å². The third-order valence-electron chi connectivity index (χ3n) is 7.83. The first-order valence-electron chi connectivity index (χ1n) is 14.7. The average molecular weight is 719 g/mol. The van der Waals surface area contributed by atoms with Crippen LogP contribution in [0.25, 0.3) is 0 Å². The highest BCUT2D eigenvalue weighted by Gasteiger charge is 2.70. The van der Waals surface area contributed by atoms with E-state index in [0.717, 1.165) is 29.3 Å². The first kappa shape index (κ1) is 37.0. The first-order valence-corrected chi connectivity index (χ1v) is 17.3. The third-order valence-corrected chi connectivity index (χ3v) is 10.7. The van der Waals surface area contributed by atoms with Crippen molar-refractivity contribution in [1.82, 2.24) is 14.5 Å². The number of nitrogens with one attached hydrogen (secondary N) is 1. The lowest BCUT2D eigenvalue weighted by Crippen LogP contribution is -2.82. The molecule has 0 radical (unpaired) electrons. The Morgan fingerprint density at radius 2 is 1.73 bits per heavy atom. The van der Waals surface area contributed by atoms with Crippen LogP contribution in [0.2, 0.25) is 0 Å². The van der Waals surface area contributed by atoms with Crippen LogP contribution in [0.3, 0.4) is 0 Å². The van der Waals surface area contributed by atoms with Crippen LogP contribution >= 0.6 is 11.8 Å². The molecule has 49 heavy (non-hydrogen) atoms. The monoisotopic (exact) mass is 718 g/mol. The van der Waals surface area contributed by atoms with Crippen molar-refractivity contribution in [2.75, 3.05) is 19.5 Å². The molecule has 18 heteroatoms. The third kappa shape index (κ3) is 7.77. The van der Waals surface area contributed by atoms with E-state index in [1.54, 1.807) is 49.4 Å². The van der Waals surface area contributed by atoms with Gasteiger partial charge in [0.2, 0.25) is 21.8 Å². The number of aliphatic carboxylic acids is 2. The van der Waals surface area contributed by atoms with Crippen molar-refractivity contribution in [3.05, 3.63) is 77.0 Å². The molecule has 0 spiro atoms. The Labute approximate surface area is 285 Å². The summed E-state index contributed by atoms with van der Waals surface area (Å²) in [6.45, 7) is 1.24. The van der Waals surface area contributed by atoms with Gasteiger partial charge in [0.15, 0.2) is 0 Å². The smallest absolute Gasteiger partial charge is 0.404 e. The maximum atomic E-state index is 13.9. The van der Waals surface area contributed by atoms with E-state index < -0.39 is 81.6 Å². The molecule has 4 rings (SSSR count). The number of primary amides is 1. The number of fused-ring (bicyclic) bond motifs is 1. The van der Waals surface area contributed by atoms with Crippen LogP contribution < -0.4 is 10.5 Å². The number of carboxylic acid groups (broad SMARTS) is 2. The molecule has 262 valence electrons. The summed E-state index contributed by atoms with van der Waals surface area (Å²) < 4.78 is 38.2. The van der Waals surface area contributed by atoms with Gasteiger partial charge in [-0.3, -0.25) is 24.1 Å². The van der Waals surface area contributed by atoms with Gasteiger partial charge in [-0.15, -0.1) is 11.8 Å². The number of hydrogen-bond acceptors (Lipinski definition) is 11. The van der Waals surface area contributed by atoms with Crippen molar-refractivity contribution >= 4 is 57.5 Å². The maximum absolute atomic E-state index is 13.9. The largest absolute Gasteiger partial charge is 0.480 e. The Kier molecular flexibility index (Phi) is 11.5. The second-order valence-corrected chi connectivity index (χ2v) is 13.9. The van der Waals surface area contributed by atoms with Gasteiger partial charge in [0.25, 0.3) is 11.6 Å². The lowest BCUT2D eigenvalue weighted by Gasteiger charge is -2.58. The standard InChI is InChI=1S/C31H34N4O12S2/c1-18-11-13-21(14-12-18)49(44,45)33-22(26(38)39)9-6-10-23(36)35(24(37)15-19-7-4-3-5-8-19)31(46-2)28(42)34-25(27(40)41)20(16-47-30(32)43)17-48-29(31)34/h3-5,7-8,11-14,22,29,33H,6,9-10,15-17H2,1-2H3,(H2,32,43)(H,38,39)(H,40,41)/t22?,29-,31+/m1/s1. The Morgan fingerprint density at radius 3 is 2.31 bits per heavy atom. The van der Waals surface area contributed by atoms with Gasteiger partial charge in [0, 0.05) is 24.9 Å². The summed E-state index contributed by atoms with van der Waals surface area (Å²) in [4.78, 5) is 78.4. The van der Waals surface area contributed by atoms with Gasteiger partial charge in [-0.1, -0.05) is 48.0 Å². The van der Waals surface area contributed by atoms with Crippen LogP contribution in [0.4, 0.5) is 4.79 Å². The predicted octanol–water partition coefficient (Wildman–Crippen LogP) is 1.19. The fourth-order valence-corrected chi connectivity index (χ4v) is 8.14. The average Bonchev–Trinajstić information content (AvgIpc) is 3.05. The highest BCUT2D eigenvalue weighted by Crippen LogP contribution is 2.50. The van der Waals surface area contributed by atoms with E-state index in [4.69, 9.17) is 15.2 Å². The SMILES string of the molecule is CO[C@@]1(N(C(=O)CCCC(NS(=O)(=O)c2ccc(C)cc2)C(=O)O)C(=O)Cc2ccccc2)C(=O)N2C(C(=O)O)=C(COC(N)=O)CS[C@@H]21. The number of rotatable bonds is 15. The number of sulfonamides is 1. The number of amides is 4. The molecule has 2 heterocycles. The maximum Gasteiger partial charge on any atom is 0.404 e. The molecule has 0 aromatic heterocycles. The Hall–Kier alpha value is -4.78. The second-order valence-electron chi connectivity index (χ2n) is 11.1. The molecule has 1 unspecified atom stereocenters. The molecule has 2 aromatic rings. The van der Waals surface area contributed by atoms with Crippen LogP contribution in [0.5, 0.6) is 0 Å². The molecule has 1 fully saturated rings. The first-order chi connectivity index (χ1) is 23.1. The van der Waals surface area contributed by atoms with Crippen LogP contribution in [0.15, 0.2) is 70.8 Å². The van der Waals surface area contributed by atoms with Crippen LogP contribution in [-0.4, -0.2) is 101 Å². The van der Waals surface area contributed by atoms with Crippen molar-refractivity contribution in [2.24, 2.45) is 5.73 Å². The number of benzene rings is 2. The fourth-order valence-electron chi connectivity index (χ4n) is 5.46. The molecule has 5 N–H and O–H groups in total. The van der Waals surface area contributed by atoms with Crippen LogP contribution in [0.1, 0.15) is 30.4 Å². The lowest BCUT2D eigenvalue weighted by molar-refractivity contribution is -0.223. The van der Waals surface area contributed by atoms with Gasteiger partial charge >= 0.3 is 18.0 Å². The van der Waals surface area contributed by atoms with E-state index in [2.05, 4.69) is 4.72 Å². The number of carboxylic acids is 2. The van der Waals surface area contributed by atoms with E-state index in [1.807, 2.05) is 0 Å². The summed E-state index contributed by atoms with van der Waals surface area (Å²) in [5.74, 6) is -5.97. The molecule has 2 aromatic carbocycles. The highest BCUT2D eigenvalue weighted by molar-refractivity contribution is 8.00. The second kappa shape index (κ2) is 15.2. The van der Waals surface area contributed by atoms with E-state index in [-0.39, 0.29) is 35.5 Å². The van der Waals surface area contributed by atoms with Gasteiger partial charge < -0.3 is 25.4 Å². The number of carbonyl (C=O) groups excluding carboxylic acids is 4. The summed E-state index contributed by atoms with van der Waals surface area (Å²) in [6, 6.07) is 12.4. The number of methoxy groups -OCH3 is 1. The summed E-state index contributed by atoms with van der Waals surface area (Å²) in [5.41, 5.74) is 3.54. The van der Waals surface area contributed by atoms with E-state index in [9.17, 15) is 47.4 Å². The molecular weight excluding hydrogens is 684 g/mol. The summed E-state index contributed by atoms with van der Waals surface area (Å²) in [6.07, 6.45) is -2.62. The minimum atomic E-state index is -4.24. The van der Waals surface area contributed by atoms with Gasteiger partial charge in [-0.05, 0) is 37.5 Å². The lowest BCUT2D eigenvalue weighted by atomic mass is 9.94. The normalized spacial score (nSPS) is 19.3. The van der Waals surface area contributed by atoms with E-state index in [1.165, 1.54) is 12.1 Å². The molecule has 16 nitrogen and oxygen atoms in total. The number of carbonyl (C=O) groups is 6. The number of nitrogens with zero attached hydrogens (tertiary/aromatic N) is 2. The highest BCUT2D eigenvalue weighted by atomic mass is 32.2. The quantitative estimate of drug-likeness (QED) is 0.150. The van der Waals surface area contributed by atoms with E-state index >= 15 is 0 Å². The number of thioether (sulfide) groups is 1. The van der Waals surface area contributed by atoms with Crippen LogP contribution in [-0.2, 0) is 49.9 Å². The van der Waals surface area contributed by atoms with Crippen molar-refractivity contribution in [1.29, 1.82) is 0 Å². The number of ether oxygens (including phenoxy) is 2. The Morgan fingerprint density at radius 1 is 1.08 bits per heavy atom. The molecule has 1 saturated heterocycles. The number of β-lactam (4-membered cyclic amide) rings is 1. The Bertz CT molecular complexity index is 1780. The molecule has 4 amide bonds. The van der Waals surface area contributed by atoms with Gasteiger partial charge in [0.1, 0.15) is 23.7 Å². The minimum absolute atomic E-state index is 0.0480. The zero-order valence-electron chi connectivity index (χ0n) is 26.4. The molecule has 0 bridgehead atoms. The van der Waals surface area contributed by atoms with Gasteiger partial charge in [0.05, 0.1) is 11.3 Å². The van der Waals surface area contributed by atoms with Gasteiger partial charge in [-0.25, -0.2) is 22.9 Å². The minimum Gasteiger partial charge on any atom is -0.480 e. The number of imide groups is 1. The molecule has 2 aliphatic rings. The number of aryl methyl sites for hydroxylation is 1. The van der Waals surface area contributed by atoms with Crippen molar-refractivity contribution < 1.29 is 56.9 Å². The fraction of sp³-hybridized carbons (Fsp3) is 0.355. The number of nitrogens with two attached hydrogens (primary N) is 1. The molecular formula is C31H34N4O12S2. The van der Waals surface area contributed by atoms with Crippen molar-refractivity contribution in [3.63, 3.8) is 0 Å². The molecule has 0 aliphatic carbocycles. The zero-order valence-corrected chi connectivity index (χ0v) is 28.0. The number of hydrogen-bond donors (Lipinski definition) is 4. The molecule has 3 atom stereocenters. The molecule has 0 saturated carbocycles. The van der Waals surface area contributed by atoms with Crippen LogP contribution in [0, 0.1) is 6.92 Å². The van der Waals surface area contributed by atoms with E-state index in [0.29, 0.717) is 10.5 Å². The Balaban J connectivity index is 1.60. The van der Waals surface area contributed by atoms with Gasteiger partial charge in [-0.2, -0.15) is 4.72 Å². The predicted molar refractivity (Wildman–Crippen MR) is 172 cm³/mol.